The number of dihydropyridines is 1. The standard InChI is InChI=1S/C22H25FN4/c1-14(25)20(13-24)21-12-17(7-8-26-21)27-9-3-6-22(27)19-11-16(23)10-15-4-2-5-18(15)19/h7-8,10-13,22,24,26H,1-6,9,25H2/b21-20+,24-13?. The molecule has 5 heteroatoms. The number of nitrogens with two attached hydrogens (primary N) is 1. The van der Waals surface area contributed by atoms with E-state index in [0.717, 1.165) is 55.6 Å². The Morgan fingerprint density at radius 1 is 1.33 bits per heavy atom. The van der Waals surface area contributed by atoms with Gasteiger partial charge in [-0.25, -0.2) is 4.39 Å². The molecule has 1 fully saturated rings. The van der Waals surface area contributed by atoms with Gasteiger partial charge in [-0.2, -0.15) is 0 Å². The van der Waals surface area contributed by atoms with Crippen LogP contribution in [0.1, 0.15) is 42.0 Å². The van der Waals surface area contributed by atoms with Gasteiger partial charge in [0.15, 0.2) is 0 Å². The second-order valence-electron chi connectivity index (χ2n) is 7.38. The van der Waals surface area contributed by atoms with Gasteiger partial charge in [0.2, 0.25) is 0 Å². The van der Waals surface area contributed by atoms with Gasteiger partial charge in [0.1, 0.15) is 5.82 Å². The van der Waals surface area contributed by atoms with Crippen molar-refractivity contribution in [3.63, 3.8) is 0 Å². The average Bonchev–Trinajstić information content (AvgIpc) is 3.30. The number of hydrogen-bond donors (Lipinski definition) is 3. The molecule has 2 heterocycles. The van der Waals surface area contributed by atoms with Gasteiger partial charge in [0.05, 0.1) is 11.7 Å². The minimum absolute atomic E-state index is 0.126. The predicted molar refractivity (Wildman–Crippen MR) is 107 cm³/mol. The zero-order valence-electron chi connectivity index (χ0n) is 15.4. The van der Waals surface area contributed by atoms with Crippen LogP contribution < -0.4 is 11.1 Å². The monoisotopic (exact) mass is 364 g/mol. The van der Waals surface area contributed by atoms with E-state index in [0.29, 0.717) is 11.3 Å². The molecule has 0 bridgehead atoms. The fourth-order valence-corrected chi connectivity index (χ4v) is 4.53. The van der Waals surface area contributed by atoms with Gasteiger partial charge in [-0.1, -0.05) is 6.58 Å². The lowest BCUT2D eigenvalue weighted by Crippen LogP contribution is -2.26. The first-order valence-corrected chi connectivity index (χ1v) is 9.50. The predicted octanol–water partition coefficient (Wildman–Crippen LogP) is 3.83. The van der Waals surface area contributed by atoms with Crippen molar-refractivity contribution in [3.05, 3.63) is 82.2 Å². The van der Waals surface area contributed by atoms with E-state index in [4.69, 9.17) is 11.1 Å². The second kappa shape index (κ2) is 7.06. The summed E-state index contributed by atoms with van der Waals surface area (Å²) in [5.74, 6) is -0.126. The maximum absolute atomic E-state index is 14.2. The molecular weight excluding hydrogens is 339 g/mol. The van der Waals surface area contributed by atoms with Gasteiger partial charge in [0.25, 0.3) is 0 Å². The van der Waals surface area contributed by atoms with Crippen LogP contribution in [0.25, 0.3) is 0 Å². The van der Waals surface area contributed by atoms with E-state index >= 15 is 0 Å². The van der Waals surface area contributed by atoms with E-state index in [9.17, 15) is 4.39 Å². The Kier molecular flexibility index (Phi) is 4.60. The van der Waals surface area contributed by atoms with Crippen molar-refractivity contribution in [3.8, 4) is 0 Å². The van der Waals surface area contributed by atoms with Crippen LogP contribution in [0.3, 0.4) is 0 Å². The lowest BCUT2D eigenvalue weighted by Gasteiger charge is -2.31. The Morgan fingerprint density at radius 3 is 2.96 bits per heavy atom. The first-order chi connectivity index (χ1) is 13.1. The van der Waals surface area contributed by atoms with E-state index in [1.165, 1.54) is 17.3 Å². The molecule has 4 nitrogen and oxygen atoms in total. The number of fused-ring (bicyclic) bond motifs is 1. The molecule has 1 aliphatic carbocycles. The summed E-state index contributed by atoms with van der Waals surface area (Å²) in [5.41, 5.74) is 12.3. The molecule has 2 aliphatic heterocycles. The summed E-state index contributed by atoms with van der Waals surface area (Å²) in [7, 11) is 0. The number of likely N-dealkylation sites (tertiary alicyclic amines) is 1. The zero-order chi connectivity index (χ0) is 19.0. The summed E-state index contributed by atoms with van der Waals surface area (Å²) < 4.78 is 14.2. The van der Waals surface area contributed by atoms with Crippen LogP contribution in [0.15, 0.2) is 59.7 Å². The molecule has 1 aromatic carbocycles. The molecule has 3 aliphatic rings. The van der Waals surface area contributed by atoms with Crippen LogP contribution in [0.5, 0.6) is 0 Å². The van der Waals surface area contributed by atoms with Crippen LogP contribution in [0, 0.1) is 11.2 Å². The number of nitrogens with zero attached hydrogens (tertiary/aromatic N) is 1. The molecule has 1 aromatic rings. The Bertz CT molecular complexity index is 894. The molecular formula is C22H25FN4. The molecule has 0 aromatic heterocycles. The molecule has 0 saturated carbocycles. The quantitative estimate of drug-likeness (QED) is 0.712. The van der Waals surface area contributed by atoms with Gasteiger partial charge >= 0.3 is 0 Å². The number of rotatable bonds is 4. The van der Waals surface area contributed by atoms with Crippen LogP contribution in [0.4, 0.5) is 4.39 Å². The number of nitrogens with one attached hydrogen (secondary N) is 2. The highest BCUT2D eigenvalue weighted by Crippen LogP contribution is 2.40. The van der Waals surface area contributed by atoms with Gasteiger partial charge in [-0.15, -0.1) is 0 Å². The maximum atomic E-state index is 14.2. The normalized spacial score (nSPS) is 22.9. The number of benzene rings is 1. The molecule has 0 amide bonds. The number of hydrogen-bond acceptors (Lipinski definition) is 4. The highest BCUT2D eigenvalue weighted by Gasteiger charge is 2.31. The van der Waals surface area contributed by atoms with Crippen molar-refractivity contribution in [1.82, 2.24) is 10.2 Å². The van der Waals surface area contributed by atoms with E-state index < -0.39 is 0 Å². The molecule has 0 radical (unpaired) electrons. The first-order valence-electron chi connectivity index (χ1n) is 9.50. The number of allylic oxidation sites excluding steroid dienone is 3. The summed E-state index contributed by atoms with van der Waals surface area (Å²) in [4.78, 5) is 2.35. The largest absolute Gasteiger partial charge is 0.399 e. The molecule has 0 spiro atoms. The molecule has 1 unspecified atom stereocenters. The van der Waals surface area contributed by atoms with E-state index in [1.54, 1.807) is 12.1 Å². The van der Waals surface area contributed by atoms with Crippen molar-refractivity contribution in [2.24, 2.45) is 5.73 Å². The molecule has 140 valence electrons. The Balaban J connectivity index is 1.73. The Morgan fingerprint density at radius 2 is 2.19 bits per heavy atom. The van der Waals surface area contributed by atoms with Crippen LogP contribution in [0.2, 0.25) is 0 Å². The minimum Gasteiger partial charge on any atom is -0.399 e. The summed E-state index contributed by atoms with van der Waals surface area (Å²) in [5, 5.41) is 10.8. The summed E-state index contributed by atoms with van der Waals surface area (Å²) in [6.07, 6.45) is 12.4. The third-order valence-electron chi connectivity index (χ3n) is 5.72. The molecule has 4 rings (SSSR count). The smallest absolute Gasteiger partial charge is 0.123 e. The molecule has 1 saturated heterocycles. The Hall–Kier alpha value is -2.82. The fourth-order valence-electron chi connectivity index (χ4n) is 4.53. The highest BCUT2D eigenvalue weighted by molar-refractivity contribution is 5.83. The van der Waals surface area contributed by atoms with Gasteiger partial charge in [-0.05, 0) is 73.1 Å². The fraction of sp³-hybridized carbons (Fsp3) is 0.318. The highest BCUT2D eigenvalue weighted by atomic mass is 19.1. The summed E-state index contributed by atoms with van der Waals surface area (Å²) >= 11 is 0. The number of halogens is 1. The lowest BCUT2D eigenvalue weighted by atomic mass is 9.95. The Labute approximate surface area is 159 Å². The third-order valence-corrected chi connectivity index (χ3v) is 5.72. The van der Waals surface area contributed by atoms with Crippen molar-refractivity contribution >= 4 is 6.21 Å². The first kappa shape index (κ1) is 17.6. The molecule has 4 N–H and O–H groups in total. The maximum Gasteiger partial charge on any atom is 0.123 e. The van der Waals surface area contributed by atoms with Crippen LogP contribution >= 0.6 is 0 Å². The molecule has 27 heavy (non-hydrogen) atoms. The van der Waals surface area contributed by atoms with E-state index in [-0.39, 0.29) is 11.9 Å². The number of aryl methyl sites for hydroxylation is 1. The SMILES string of the molecule is C=C(N)/C(C=N)=C1\C=C(N2CCCC2c2cc(F)cc3c2CCC3)C=CN1. The lowest BCUT2D eigenvalue weighted by molar-refractivity contribution is 0.333. The third kappa shape index (κ3) is 3.18. The van der Waals surface area contributed by atoms with Gasteiger partial charge < -0.3 is 21.4 Å². The van der Waals surface area contributed by atoms with Crippen LogP contribution in [-0.4, -0.2) is 17.7 Å². The van der Waals surface area contributed by atoms with Gasteiger partial charge in [0, 0.05) is 35.9 Å². The minimum atomic E-state index is -0.126. The van der Waals surface area contributed by atoms with Gasteiger partial charge in [-0.3, -0.25) is 0 Å². The summed E-state index contributed by atoms with van der Waals surface area (Å²) in [6.45, 7) is 4.69. The van der Waals surface area contributed by atoms with E-state index in [2.05, 4.69) is 16.8 Å². The van der Waals surface area contributed by atoms with Crippen molar-refractivity contribution in [2.45, 2.75) is 38.1 Å². The van der Waals surface area contributed by atoms with Crippen molar-refractivity contribution in [1.29, 1.82) is 5.41 Å². The summed E-state index contributed by atoms with van der Waals surface area (Å²) in [6, 6.07) is 3.63. The molecule has 1 atom stereocenters. The van der Waals surface area contributed by atoms with Crippen LogP contribution in [-0.2, 0) is 12.8 Å². The van der Waals surface area contributed by atoms with Crippen molar-refractivity contribution < 1.29 is 4.39 Å². The topological polar surface area (TPSA) is 65.1 Å². The van der Waals surface area contributed by atoms with Crippen molar-refractivity contribution in [2.75, 3.05) is 6.54 Å². The van der Waals surface area contributed by atoms with E-state index in [1.807, 2.05) is 18.4 Å². The second-order valence-corrected chi connectivity index (χ2v) is 7.38. The zero-order valence-corrected chi connectivity index (χ0v) is 15.4. The average molecular weight is 364 g/mol.